The van der Waals surface area contributed by atoms with E-state index in [0.717, 1.165) is 12.0 Å². The standard InChI is InChI=1S/C4H6O2S2/c1-3(5)8-6-4(2)7/h1-2H3. The Labute approximate surface area is 57.8 Å². The summed E-state index contributed by atoms with van der Waals surface area (Å²) in [5.74, 6) is 0. The molecule has 4 heteroatoms. The molecule has 8 heavy (non-hydrogen) atoms. The second-order valence-corrected chi connectivity index (χ2v) is 2.63. The third-order valence-electron chi connectivity index (χ3n) is 0.276. The topological polar surface area (TPSA) is 26.3 Å². The van der Waals surface area contributed by atoms with Gasteiger partial charge in [-0.3, -0.25) is 4.79 Å². The van der Waals surface area contributed by atoms with Gasteiger partial charge in [0.1, 0.15) is 12.0 Å². The zero-order chi connectivity index (χ0) is 6.57. The van der Waals surface area contributed by atoms with E-state index in [-0.39, 0.29) is 5.12 Å². The minimum atomic E-state index is -0.0887. The van der Waals surface area contributed by atoms with Crippen molar-refractivity contribution >= 4 is 34.4 Å². The van der Waals surface area contributed by atoms with Gasteiger partial charge in [-0.2, -0.15) is 0 Å². The molecule has 0 atom stereocenters. The van der Waals surface area contributed by atoms with Crippen LogP contribution in [0.4, 0.5) is 0 Å². The van der Waals surface area contributed by atoms with Crippen molar-refractivity contribution in [1.29, 1.82) is 0 Å². The van der Waals surface area contributed by atoms with Crippen molar-refractivity contribution in [3.63, 3.8) is 0 Å². The maximum Gasteiger partial charge on any atom is 0.224 e. The minimum absolute atomic E-state index is 0.0887. The van der Waals surface area contributed by atoms with Crippen molar-refractivity contribution in [2.75, 3.05) is 0 Å². The smallest absolute Gasteiger partial charge is 0.224 e. The molecule has 0 fully saturated rings. The normalized spacial score (nSPS) is 8.25. The molecule has 0 spiro atoms. The van der Waals surface area contributed by atoms with Crippen molar-refractivity contribution in [1.82, 2.24) is 0 Å². The van der Waals surface area contributed by atoms with Crippen LogP contribution in [0, 0.1) is 0 Å². The molecule has 0 aromatic rings. The van der Waals surface area contributed by atoms with E-state index in [1.165, 1.54) is 6.92 Å². The quantitative estimate of drug-likeness (QED) is 0.386. The minimum Gasteiger partial charge on any atom is -0.411 e. The second-order valence-electron chi connectivity index (χ2n) is 1.15. The Kier molecular flexibility index (Phi) is 3.81. The summed E-state index contributed by atoms with van der Waals surface area (Å²) in [7, 11) is 0. The third-order valence-corrected chi connectivity index (χ3v) is 1.03. The van der Waals surface area contributed by atoms with Crippen molar-refractivity contribution in [3.8, 4) is 0 Å². The summed E-state index contributed by atoms with van der Waals surface area (Å²) in [6.45, 7) is 3.04. The SMILES string of the molecule is CC(=O)SOC(C)=S. The molecule has 0 heterocycles. The summed E-state index contributed by atoms with van der Waals surface area (Å²) >= 11 is 5.28. The van der Waals surface area contributed by atoms with Crippen LogP contribution < -0.4 is 0 Å². The molecule has 0 rings (SSSR count). The van der Waals surface area contributed by atoms with Gasteiger partial charge in [0.25, 0.3) is 0 Å². The summed E-state index contributed by atoms with van der Waals surface area (Å²) in [4.78, 5) is 10.1. The monoisotopic (exact) mass is 150 g/mol. The number of rotatable bonds is 0. The van der Waals surface area contributed by atoms with Gasteiger partial charge in [0.05, 0.1) is 0 Å². The highest BCUT2D eigenvalue weighted by Crippen LogP contribution is 2.03. The molecule has 0 unspecified atom stereocenters. The Morgan fingerprint density at radius 2 is 2.12 bits per heavy atom. The Bertz CT molecular complexity index is 96.6. The first-order valence-electron chi connectivity index (χ1n) is 1.98. The maximum absolute atomic E-state index is 10.1. The Morgan fingerprint density at radius 1 is 1.62 bits per heavy atom. The van der Waals surface area contributed by atoms with E-state index in [0.29, 0.717) is 5.05 Å². The molecule has 0 aliphatic heterocycles. The molecular weight excluding hydrogens is 144 g/mol. The highest BCUT2D eigenvalue weighted by atomic mass is 32.2. The molecule has 0 radical (unpaired) electrons. The molecule has 0 saturated heterocycles. The Balaban J connectivity index is 3.18. The largest absolute Gasteiger partial charge is 0.411 e. The number of carbonyl (C=O) groups is 1. The lowest BCUT2D eigenvalue weighted by Crippen LogP contribution is -1.89. The number of hydrogen-bond donors (Lipinski definition) is 0. The molecule has 0 N–H and O–H groups in total. The molecule has 46 valence electrons. The summed E-state index contributed by atoms with van der Waals surface area (Å²) in [6, 6.07) is 0. The number of hydrogen-bond acceptors (Lipinski definition) is 4. The van der Waals surface area contributed by atoms with Gasteiger partial charge >= 0.3 is 0 Å². The molecular formula is C4H6O2S2. The average Bonchev–Trinajstić information content (AvgIpc) is 1.61. The van der Waals surface area contributed by atoms with E-state index in [1.54, 1.807) is 6.92 Å². The zero-order valence-corrected chi connectivity index (χ0v) is 6.27. The molecule has 2 nitrogen and oxygen atoms in total. The van der Waals surface area contributed by atoms with Gasteiger partial charge in [0, 0.05) is 13.8 Å². The fraction of sp³-hybridized carbons (Fsp3) is 0.500. The van der Waals surface area contributed by atoms with E-state index >= 15 is 0 Å². The molecule has 0 aromatic carbocycles. The van der Waals surface area contributed by atoms with Crippen LogP contribution in [0.15, 0.2) is 0 Å². The van der Waals surface area contributed by atoms with Gasteiger partial charge in [-0.05, 0) is 12.2 Å². The molecule has 0 amide bonds. The summed E-state index contributed by atoms with van der Waals surface area (Å²) in [5.41, 5.74) is 0. The molecule has 0 aromatic heterocycles. The fourth-order valence-electron chi connectivity index (χ4n) is 0.117. The maximum atomic E-state index is 10.1. The van der Waals surface area contributed by atoms with Crippen molar-refractivity contribution < 1.29 is 8.98 Å². The Morgan fingerprint density at radius 3 is 2.25 bits per heavy atom. The highest BCUT2D eigenvalue weighted by Gasteiger charge is 1.93. The van der Waals surface area contributed by atoms with Crippen LogP contribution in [-0.2, 0) is 8.98 Å². The first-order valence-corrected chi connectivity index (χ1v) is 3.13. The molecule has 0 aliphatic rings. The van der Waals surface area contributed by atoms with E-state index in [1.807, 2.05) is 0 Å². The van der Waals surface area contributed by atoms with Gasteiger partial charge in [0.2, 0.25) is 5.12 Å². The first kappa shape index (κ1) is 7.91. The van der Waals surface area contributed by atoms with Crippen LogP contribution in [0.1, 0.15) is 13.8 Å². The second kappa shape index (κ2) is 3.86. The lowest BCUT2D eigenvalue weighted by Gasteiger charge is -1.93. The van der Waals surface area contributed by atoms with E-state index in [2.05, 4.69) is 16.4 Å². The van der Waals surface area contributed by atoms with Crippen LogP contribution in [-0.4, -0.2) is 10.2 Å². The lowest BCUT2D eigenvalue weighted by atomic mass is 10.9. The summed E-state index contributed by atoms with van der Waals surface area (Å²) in [5, 5.41) is 0.291. The zero-order valence-electron chi connectivity index (χ0n) is 4.63. The van der Waals surface area contributed by atoms with Crippen molar-refractivity contribution in [2.45, 2.75) is 13.8 Å². The first-order chi connectivity index (χ1) is 3.63. The Hall–Kier alpha value is -0.0900. The lowest BCUT2D eigenvalue weighted by molar-refractivity contribution is -0.109. The van der Waals surface area contributed by atoms with Crippen LogP contribution in [0.5, 0.6) is 0 Å². The van der Waals surface area contributed by atoms with Gasteiger partial charge < -0.3 is 4.18 Å². The predicted octanol–water partition coefficient (Wildman–Crippen LogP) is 1.54. The average molecular weight is 150 g/mol. The van der Waals surface area contributed by atoms with Crippen LogP contribution in [0.2, 0.25) is 0 Å². The van der Waals surface area contributed by atoms with Crippen molar-refractivity contribution in [3.05, 3.63) is 0 Å². The molecule has 0 aliphatic carbocycles. The van der Waals surface area contributed by atoms with E-state index in [4.69, 9.17) is 0 Å². The van der Waals surface area contributed by atoms with Crippen LogP contribution in [0.25, 0.3) is 0 Å². The van der Waals surface area contributed by atoms with Gasteiger partial charge in [-0.1, -0.05) is 0 Å². The summed E-state index contributed by atoms with van der Waals surface area (Å²) < 4.78 is 4.60. The molecule has 0 bridgehead atoms. The van der Waals surface area contributed by atoms with Crippen molar-refractivity contribution in [2.24, 2.45) is 0 Å². The number of thiocarbonyl (C=S) groups is 1. The highest BCUT2D eigenvalue weighted by molar-refractivity contribution is 8.10. The fourth-order valence-corrected chi connectivity index (χ4v) is 0.454. The van der Waals surface area contributed by atoms with Crippen LogP contribution >= 0.6 is 24.3 Å². The van der Waals surface area contributed by atoms with Gasteiger partial charge in [0.15, 0.2) is 5.05 Å². The summed E-state index contributed by atoms with van der Waals surface area (Å²) in [6.07, 6.45) is 0. The van der Waals surface area contributed by atoms with E-state index < -0.39 is 0 Å². The number of carbonyl (C=O) groups excluding carboxylic acids is 1. The third kappa shape index (κ3) is 5.91. The predicted molar refractivity (Wildman–Crippen MR) is 37.6 cm³/mol. The van der Waals surface area contributed by atoms with Crippen LogP contribution in [0.3, 0.4) is 0 Å². The van der Waals surface area contributed by atoms with Gasteiger partial charge in [-0.15, -0.1) is 0 Å². The van der Waals surface area contributed by atoms with Gasteiger partial charge in [-0.25, -0.2) is 0 Å². The van der Waals surface area contributed by atoms with E-state index in [9.17, 15) is 4.79 Å². The molecule has 0 saturated carbocycles.